The van der Waals surface area contributed by atoms with Crippen LogP contribution in [0, 0.1) is 0 Å². The molecule has 6 rings (SSSR count). The maximum Gasteiger partial charge on any atom is 0.296 e. The van der Waals surface area contributed by atoms with Gasteiger partial charge >= 0.3 is 0 Å². The average molecular weight is 709 g/mol. The zero-order chi connectivity index (χ0) is 34.6. The van der Waals surface area contributed by atoms with E-state index >= 15 is 0 Å². The summed E-state index contributed by atoms with van der Waals surface area (Å²) in [6.07, 6.45) is 1.48. The zero-order valence-corrected chi connectivity index (χ0v) is 26.3. The fourth-order valence-electron chi connectivity index (χ4n) is 4.87. The second kappa shape index (κ2) is 11.7. The summed E-state index contributed by atoms with van der Waals surface area (Å²) in [6.45, 7) is 0. The lowest BCUT2D eigenvalue weighted by atomic mass is 10.1. The van der Waals surface area contributed by atoms with Gasteiger partial charge in [-0.2, -0.15) is 30.4 Å². The topological polar surface area (TPSA) is 272 Å². The Hall–Kier alpha value is -5.44. The third-order valence-electron chi connectivity index (χ3n) is 7.09. The van der Waals surface area contributed by atoms with E-state index in [1.54, 1.807) is 30.3 Å². The maximum atomic E-state index is 12.3. The molecular weight excluding hydrogens is 689 g/mol. The smallest absolute Gasteiger partial charge is 0.296 e. The van der Waals surface area contributed by atoms with E-state index in [-0.39, 0.29) is 27.0 Å². The number of hydrogen-bond donors (Lipinski definition) is 5. The van der Waals surface area contributed by atoms with E-state index in [1.165, 1.54) is 36.5 Å². The molecule has 0 amide bonds. The molecule has 1 aromatic heterocycles. The molecule has 244 valence electrons. The Kier molecular flexibility index (Phi) is 7.90. The molecule has 0 saturated heterocycles. The summed E-state index contributed by atoms with van der Waals surface area (Å²) >= 11 is 0. The van der Waals surface area contributed by atoms with Gasteiger partial charge in [0.25, 0.3) is 30.4 Å². The number of fused-ring (bicyclic) bond motifs is 3. The highest BCUT2D eigenvalue weighted by molar-refractivity contribution is 7.86. The molecule has 6 aromatic rings. The first-order valence-electron chi connectivity index (χ1n) is 13.3. The number of hydrogen-bond acceptors (Lipinski definition) is 13. The van der Waals surface area contributed by atoms with Crippen molar-refractivity contribution in [1.82, 2.24) is 4.98 Å². The van der Waals surface area contributed by atoms with Gasteiger partial charge < -0.3 is 10.8 Å². The third-order valence-corrected chi connectivity index (χ3v) is 9.71. The minimum Gasteiger partial charge on any atom is -0.505 e. The summed E-state index contributed by atoms with van der Waals surface area (Å²) in [5.41, 5.74) is 5.69. The van der Waals surface area contributed by atoms with Gasteiger partial charge in [0, 0.05) is 17.0 Å². The van der Waals surface area contributed by atoms with Crippen molar-refractivity contribution in [2.24, 2.45) is 20.5 Å². The molecule has 0 saturated carbocycles. The number of phenols is 1. The van der Waals surface area contributed by atoms with Gasteiger partial charge in [-0.3, -0.25) is 18.6 Å². The highest BCUT2D eigenvalue weighted by atomic mass is 32.2. The van der Waals surface area contributed by atoms with Crippen LogP contribution in [0.25, 0.3) is 32.4 Å². The molecule has 0 unspecified atom stereocenters. The lowest BCUT2D eigenvalue weighted by molar-refractivity contribution is 0.472. The Labute approximate surface area is 271 Å². The second-order valence-electron chi connectivity index (χ2n) is 10.2. The predicted molar refractivity (Wildman–Crippen MR) is 174 cm³/mol. The molecule has 5 aromatic carbocycles. The molecule has 0 aliphatic heterocycles. The zero-order valence-electron chi connectivity index (χ0n) is 23.9. The van der Waals surface area contributed by atoms with Crippen LogP contribution in [0.1, 0.15) is 0 Å². The van der Waals surface area contributed by atoms with Crippen molar-refractivity contribution in [3.05, 3.63) is 85.1 Å². The van der Waals surface area contributed by atoms with Crippen LogP contribution in [0.15, 0.2) is 120 Å². The molecule has 0 bridgehead atoms. The number of rotatable bonds is 7. The summed E-state index contributed by atoms with van der Waals surface area (Å²) in [4.78, 5) is 2.40. The molecule has 19 heteroatoms. The standard InChI is InChI=1S/C29H20N6O10S3/c30-22-14-21-17(12-25(22)47(40,41)42)13-26(48(43,44)45)28(29(21)36)35-33-23-7-8-24(27-20(23)2-1-9-31-27)34-32-18-5-3-15-4-6-19(46(37,38)39)11-16(15)10-18/h1-14,36H,30H2,(H,37,38,39)(H,40,41,42)(H,43,44,45). The molecule has 0 aliphatic carbocycles. The predicted octanol–water partition coefficient (Wildman–Crippen LogP) is 6.40. The van der Waals surface area contributed by atoms with Gasteiger partial charge in [-0.05, 0) is 82.9 Å². The number of pyridine rings is 1. The molecular formula is C29H20N6O10S3. The molecule has 48 heavy (non-hydrogen) atoms. The summed E-state index contributed by atoms with van der Waals surface area (Å²) in [6, 6.07) is 17.8. The first-order chi connectivity index (χ1) is 22.5. The number of nitrogens with zero attached hydrogens (tertiary/aromatic N) is 5. The first kappa shape index (κ1) is 32.5. The Morgan fingerprint density at radius 1 is 0.604 bits per heavy atom. The largest absolute Gasteiger partial charge is 0.505 e. The lowest BCUT2D eigenvalue weighted by Crippen LogP contribution is -2.04. The van der Waals surface area contributed by atoms with Crippen LogP contribution in [0.4, 0.5) is 28.4 Å². The van der Waals surface area contributed by atoms with Crippen molar-refractivity contribution >= 4 is 91.2 Å². The normalized spacial score (nSPS) is 13.0. The highest BCUT2D eigenvalue weighted by Gasteiger charge is 2.24. The Morgan fingerprint density at radius 2 is 1.27 bits per heavy atom. The van der Waals surface area contributed by atoms with Crippen LogP contribution in [-0.2, 0) is 30.4 Å². The van der Waals surface area contributed by atoms with Crippen molar-refractivity contribution in [2.75, 3.05) is 5.73 Å². The van der Waals surface area contributed by atoms with E-state index in [4.69, 9.17) is 5.73 Å². The minimum absolute atomic E-state index is 0.141. The van der Waals surface area contributed by atoms with E-state index in [1.807, 2.05) is 0 Å². The third kappa shape index (κ3) is 6.28. The summed E-state index contributed by atoms with van der Waals surface area (Å²) in [5.74, 6) is -0.801. The minimum atomic E-state index is -5.06. The van der Waals surface area contributed by atoms with Gasteiger partial charge in [-0.25, -0.2) is 0 Å². The number of aromatic hydroxyl groups is 1. The van der Waals surface area contributed by atoms with Gasteiger partial charge in [0.15, 0.2) is 5.75 Å². The van der Waals surface area contributed by atoms with E-state index in [2.05, 4.69) is 25.4 Å². The molecule has 6 N–H and O–H groups in total. The van der Waals surface area contributed by atoms with E-state index in [0.29, 0.717) is 27.4 Å². The van der Waals surface area contributed by atoms with Crippen molar-refractivity contribution in [3.8, 4) is 5.75 Å². The van der Waals surface area contributed by atoms with Crippen LogP contribution in [-0.4, -0.2) is 49.0 Å². The first-order valence-corrected chi connectivity index (χ1v) is 17.6. The van der Waals surface area contributed by atoms with Crippen molar-refractivity contribution in [1.29, 1.82) is 0 Å². The van der Waals surface area contributed by atoms with Crippen LogP contribution < -0.4 is 5.73 Å². The van der Waals surface area contributed by atoms with Crippen molar-refractivity contribution in [3.63, 3.8) is 0 Å². The number of nitrogens with two attached hydrogens (primary N) is 1. The summed E-state index contributed by atoms with van der Waals surface area (Å²) < 4.78 is 99.7. The SMILES string of the molecule is Nc1cc2c(O)c(N=Nc3ccc(N=Nc4ccc5ccc(S(=O)(=O)O)cc5c4)c4ncccc34)c(S(=O)(=O)O)cc2cc1S(=O)(=O)O. The Balaban J connectivity index is 1.41. The van der Waals surface area contributed by atoms with Crippen LogP contribution in [0.2, 0.25) is 0 Å². The van der Waals surface area contributed by atoms with Gasteiger partial charge in [0.2, 0.25) is 0 Å². The van der Waals surface area contributed by atoms with E-state index in [0.717, 1.165) is 18.2 Å². The number of benzene rings is 5. The van der Waals surface area contributed by atoms with Crippen LogP contribution in [0.5, 0.6) is 5.75 Å². The molecule has 0 aliphatic rings. The highest BCUT2D eigenvalue weighted by Crippen LogP contribution is 2.44. The number of azo groups is 2. The maximum absolute atomic E-state index is 12.3. The van der Waals surface area contributed by atoms with Crippen LogP contribution in [0.3, 0.4) is 0 Å². The molecule has 0 atom stereocenters. The summed E-state index contributed by atoms with van der Waals surface area (Å²) in [7, 11) is -14.3. The lowest BCUT2D eigenvalue weighted by Gasteiger charge is -2.11. The summed E-state index contributed by atoms with van der Waals surface area (Å²) in [5, 5.41) is 28.7. The fraction of sp³-hybridized carbons (Fsp3) is 0. The molecule has 1 heterocycles. The number of nitrogen functional groups attached to an aromatic ring is 1. The molecule has 0 fully saturated rings. The van der Waals surface area contributed by atoms with E-state index < -0.39 is 57.3 Å². The quantitative estimate of drug-likeness (QED) is 0.0684. The van der Waals surface area contributed by atoms with Crippen LogP contribution >= 0.6 is 0 Å². The number of aromatic nitrogens is 1. The number of phenolic OH excluding ortho intramolecular Hbond substituents is 1. The molecule has 16 nitrogen and oxygen atoms in total. The van der Waals surface area contributed by atoms with Crippen molar-refractivity contribution in [2.45, 2.75) is 14.7 Å². The van der Waals surface area contributed by atoms with Gasteiger partial charge in [-0.1, -0.05) is 12.1 Å². The van der Waals surface area contributed by atoms with Gasteiger partial charge in [-0.15, -0.1) is 15.3 Å². The van der Waals surface area contributed by atoms with E-state index in [9.17, 15) is 44.0 Å². The van der Waals surface area contributed by atoms with Gasteiger partial charge in [0.1, 0.15) is 21.2 Å². The monoisotopic (exact) mass is 708 g/mol. The average Bonchev–Trinajstić information content (AvgIpc) is 3.01. The van der Waals surface area contributed by atoms with Gasteiger partial charge in [0.05, 0.1) is 27.5 Å². The molecule has 0 spiro atoms. The Bertz CT molecular complexity index is 2740. The molecule has 0 radical (unpaired) electrons. The van der Waals surface area contributed by atoms with Crippen molar-refractivity contribution < 1.29 is 44.0 Å². The number of anilines is 1. The Morgan fingerprint density at radius 3 is 1.98 bits per heavy atom. The fourth-order valence-corrected chi connectivity index (χ4v) is 6.67. The second-order valence-corrected chi connectivity index (χ2v) is 14.4.